The average molecular weight is 522 g/mol. The van der Waals surface area contributed by atoms with Gasteiger partial charge >= 0.3 is 0 Å². The summed E-state index contributed by atoms with van der Waals surface area (Å²) in [6.45, 7) is 7.41. The normalized spacial score (nSPS) is 11.0. The second kappa shape index (κ2) is 11.8. The van der Waals surface area contributed by atoms with Crippen molar-refractivity contribution < 1.29 is 14.3 Å². The van der Waals surface area contributed by atoms with E-state index in [0.717, 1.165) is 22.3 Å². The first-order valence-electron chi connectivity index (χ1n) is 11.1. The second-order valence-electron chi connectivity index (χ2n) is 8.34. The first-order chi connectivity index (χ1) is 17.1. The molecule has 3 aromatic rings. The van der Waals surface area contributed by atoms with Gasteiger partial charge in [-0.1, -0.05) is 53.0 Å². The zero-order chi connectivity index (χ0) is 26.4. The van der Waals surface area contributed by atoms with E-state index in [1.54, 1.807) is 6.07 Å². The van der Waals surface area contributed by atoms with Crippen LogP contribution in [-0.4, -0.2) is 18.4 Å². The Hall–Kier alpha value is -3.79. The van der Waals surface area contributed by atoms with Crippen LogP contribution in [0.4, 0.5) is 11.4 Å². The molecular weight excluding hydrogens is 497 g/mol. The Morgan fingerprint density at radius 2 is 1.64 bits per heavy atom. The van der Waals surface area contributed by atoms with Gasteiger partial charge in [-0.2, -0.15) is 5.26 Å². The lowest BCUT2D eigenvalue weighted by Gasteiger charge is -2.13. The van der Waals surface area contributed by atoms with Crippen molar-refractivity contribution >= 4 is 52.5 Å². The van der Waals surface area contributed by atoms with Crippen molar-refractivity contribution in [3.05, 3.63) is 92.0 Å². The van der Waals surface area contributed by atoms with Crippen molar-refractivity contribution in [2.45, 2.75) is 27.7 Å². The average Bonchev–Trinajstić information content (AvgIpc) is 2.81. The van der Waals surface area contributed by atoms with Gasteiger partial charge in [0.2, 0.25) is 0 Å². The maximum absolute atomic E-state index is 12.7. The van der Waals surface area contributed by atoms with E-state index in [4.69, 9.17) is 27.9 Å². The minimum atomic E-state index is -0.555. The molecule has 0 aromatic heterocycles. The van der Waals surface area contributed by atoms with Gasteiger partial charge in [0.15, 0.2) is 12.4 Å². The zero-order valence-corrected chi connectivity index (χ0v) is 21.8. The summed E-state index contributed by atoms with van der Waals surface area (Å²) in [5.74, 6) is -0.792. The van der Waals surface area contributed by atoms with E-state index in [2.05, 4.69) is 10.6 Å². The number of hydrogen-bond acceptors (Lipinski definition) is 4. The lowest BCUT2D eigenvalue weighted by atomic mass is 10.1. The van der Waals surface area contributed by atoms with Crippen LogP contribution in [0.5, 0.6) is 5.75 Å². The lowest BCUT2D eigenvalue weighted by molar-refractivity contribution is -0.118. The highest BCUT2D eigenvalue weighted by Crippen LogP contribution is 2.35. The number of nitrogens with one attached hydrogen (secondary N) is 2. The summed E-state index contributed by atoms with van der Waals surface area (Å²) in [4.78, 5) is 25.0. The number of halogens is 2. The molecule has 0 aliphatic rings. The quantitative estimate of drug-likeness (QED) is 0.264. The highest BCUT2D eigenvalue weighted by Gasteiger charge is 2.15. The fourth-order valence-electron chi connectivity index (χ4n) is 3.47. The number of hydrogen-bond donors (Lipinski definition) is 2. The predicted octanol–water partition coefficient (Wildman–Crippen LogP) is 6.79. The van der Waals surface area contributed by atoms with Crippen LogP contribution in [-0.2, 0) is 9.59 Å². The molecule has 3 aromatic carbocycles. The number of anilines is 2. The Labute approximate surface area is 220 Å². The highest BCUT2D eigenvalue weighted by atomic mass is 35.5. The summed E-state index contributed by atoms with van der Waals surface area (Å²) in [5.41, 5.74) is 5.60. The summed E-state index contributed by atoms with van der Waals surface area (Å²) in [7, 11) is 0. The molecule has 0 saturated heterocycles. The molecule has 0 unspecified atom stereocenters. The van der Waals surface area contributed by atoms with E-state index in [-0.39, 0.29) is 33.9 Å². The van der Waals surface area contributed by atoms with Gasteiger partial charge in [0.05, 0.1) is 10.0 Å². The Morgan fingerprint density at radius 1 is 0.944 bits per heavy atom. The molecule has 0 saturated carbocycles. The standard InChI is InChI=1S/C28H25Cl2N3O3/c1-16-8-9-24(18(3)10-16)33-28(35)21(14-31)11-20-12-22(29)27(23(30)13-20)36-15-26(34)32-25-7-5-6-17(2)19(25)4/h5-13H,15H2,1-4H3,(H,32,34)(H,33,35)/b21-11+. The number of carbonyl (C=O) groups excluding carboxylic acids is 2. The van der Waals surface area contributed by atoms with Crippen LogP contribution in [0.15, 0.2) is 54.1 Å². The fourth-order valence-corrected chi connectivity index (χ4v) is 4.08. The Bertz CT molecular complexity index is 1380. The van der Waals surface area contributed by atoms with Gasteiger partial charge in [0.25, 0.3) is 11.8 Å². The van der Waals surface area contributed by atoms with Crippen LogP contribution >= 0.6 is 23.2 Å². The van der Waals surface area contributed by atoms with Crippen molar-refractivity contribution in [2.75, 3.05) is 17.2 Å². The van der Waals surface area contributed by atoms with E-state index in [1.165, 1.54) is 18.2 Å². The van der Waals surface area contributed by atoms with Crippen LogP contribution in [0.2, 0.25) is 10.0 Å². The molecule has 36 heavy (non-hydrogen) atoms. The zero-order valence-electron chi connectivity index (χ0n) is 20.3. The number of carbonyl (C=O) groups is 2. The first kappa shape index (κ1) is 26.8. The minimum Gasteiger partial charge on any atom is -0.481 e. The number of nitriles is 1. The largest absolute Gasteiger partial charge is 0.481 e. The molecule has 2 N–H and O–H groups in total. The van der Waals surface area contributed by atoms with Crippen molar-refractivity contribution in [2.24, 2.45) is 0 Å². The van der Waals surface area contributed by atoms with Gasteiger partial charge in [0, 0.05) is 11.4 Å². The molecular formula is C28H25Cl2N3O3. The smallest absolute Gasteiger partial charge is 0.266 e. The third kappa shape index (κ3) is 6.66. The third-order valence-electron chi connectivity index (χ3n) is 5.55. The molecule has 0 fully saturated rings. The number of nitrogens with zero attached hydrogens (tertiary/aromatic N) is 1. The molecule has 0 aliphatic heterocycles. The molecule has 3 rings (SSSR count). The predicted molar refractivity (Wildman–Crippen MR) is 145 cm³/mol. The van der Waals surface area contributed by atoms with Gasteiger partial charge in [-0.15, -0.1) is 0 Å². The lowest BCUT2D eigenvalue weighted by Crippen LogP contribution is -2.21. The molecule has 0 atom stereocenters. The number of aryl methyl sites for hydroxylation is 3. The summed E-state index contributed by atoms with van der Waals surface area (Å²) in [6.07, 6.45) is 1.38. The van der Waals surface area contributed by atoms with Gasteiger partial charge in [-0.25, -0.2) is 0 Å². The van der Waals surface area contributed by atoms with Crippen LogP contribution < -0.4 is 15.4 Å². The van der Waals surface area contributed by atoms with Gasteiger partial charge in [-0.3, -0.25) is 9.59 Å². The van der Waals surface area contributed by atoms with Crippen LogP contribution in [0.3, 0.4) is 0 Å². The van der Waals surface area contributed by atoms with Crippen LogP contribution in [0, 0.1) is 39.0 Å². The van der Waals surface area contributed by atoms with Crippen LogP contribution in [0.1, 0.15) is 27.8 Å². The topological polar surface area (TPSA) is 91.2 Å². The summed E-state index contributed by atoms with van der Waals surface area (Å²) < 4.78 is 5.57. The third-order valence-corrected chi connectivity index (χ3v) is 6.11. The number of benzene rings is 3. The van der Waals surface area contributed by atoms with E-state index >= 15 is 0 Å². The van der Waals surface area contributed by atoms with E-state index in [1.807, 2.05) is 64.1 Å². The monoisotopic (exact) mass is 521 g/mol. The molecule has 6 nitrogen and oxygen atoms in total. The maximum atomic E-state index is 12.7. The van der Waals surface area contributed by atoms with Gasteiger partial charge in [0.1, 0.15) is 11.6 Å². The fraction of sp³-hybridized carbons (Fsp3) is 0.179. The molecule has 0 radical (unpaired) electrons. The van der Waals surface area contributed by atoms with Crippen molar-refractivity contribution in [3.63, 3.8) is 0 Å². The van der Waals surface area contributed by atoms with Gasteiger partial charge < -0.3 is 15.4 Å². The van der Waals surface area contributed by atoms with Crippen molar-refractivity contribution in [1.29, 1.82) is 5.26 Å². The van der Waals surface area contributed by atoms with E-state index < -0.39 is 5.91 Å². The van der Waals surface area contributed by atoms with Gasteiger partial charge in [-0.05, 0) is 80.3 Å². The molecule has 0 heterocycles. The van der Waals surface area contributed by atoms with E-state index in [9.17, 15) is 14.9 Å². The second-order valence-corrected chi connectivity index (χ2v) is 9.15. The van der Waals surface area contributed by atoms with E-state index in [0.29, 0.717) is 16.9 Å². The first-order valence-corrected chi connectivity index (χ1v) is 11.8. The Kier molecular flexibility index (Phi) is 8.76. The summed E-state index contributed by atoms with van der Waals surface area (Å²) in [6, 6.07) is 16.1. The maximum Gasteiger partial charge on any atom is 0.266 e. The molecule has 184 valence electrons. The van der Waals surface area contributed by atoms with Crippen molar-refractivity contribution in [1.82, 2.24) is 0 Å². The van der Waals surface area contributed by atoms with Crippen LogP contribution in [0.25, 0.3) is 6.08 Å². The molecule has 2 amide bonds. The Balaban J connectivity index is 1.71. The number of rotatable bonds is 7. The minimum absolute atomic E-state index is 0.122. The number of ether oxygens (including phenoxy) is 1. The molecule has 0 spiro atoms. The SMILES string of the molecule is Cc1ccc(NC(=O)/C(C#N)=C/c2cc(Cl)c(OCC(=O)Nc3cccc(C)c3C)c(Cl)c2)c(C)c1. The summed E-state index contributed by atoms with van der Waals surface area (Å²) in [5, 5.41) is 15.4. The molecule has 0 bridgehead atoms. The number of amides is 2. The summed E-state index contributed by atoms with van der Waals surface area (Å²) >= 11 is 12.7. The van der Waals surface area contributed by atoms with Crippen molar-refractivity contribution in [3.8, 4) is 11.8 Å². The Morgan fingerprint density at radius 3 is 2.28 bits per heavy atom. The highest BCUT2D eigenvalue weighted by molar-refractivity contribution is 6.37. The molecule has 0 aliphatic carbocycles. The molecule has 8 heteroatoms.